The summed E-state index contributed by atoms with van der Waals surface area (Å²) in [7, 11) is 0. The van der Waals surface area contributed by atoms with Crippen LogP contribution in [0.4, 0.5) is 11.4 Å². The number of alkyl halides is 1. The molecule has 2 atom stereocenters. The number of nitro benzene ring substituents is 1. The van der Waals surface area contributed by atoms with E-state index in [9.17, 15) is 10.1 Å². The minimum absolute atomic E-state index is 0.0294. The van der Waals surface area contributed by atoms with Gasteiger partial charge in [-0.15, -0.1) is 0 Å². The molecule has 0 saturated carbocycles. The molecule has 161 valence electrons. The van der Waals surface area contributed by atoms with Crippen LogP contribution in [-0.4, -0.2) is 24.0 Å². The van der Waals surface area contributed by atoms with Gasteiger partial charge in [-0.1, -0.05) is 76.6 Å². The van der Waals surface area contributed by atoms with Crippen molar-refractivity contribution < 1.29 is 14.4 Å². The normalized spacial score (nSPS) is 22.5. The first kappa shape index (κ1) is 20.7. The third kappa shape index (κ3) is 3.65. The van der Waals surface area contributed by atoms with Crippen molar-refractivity contribution in [3.05, 3.63) is 112 Å². The predicted octanol–water partition coefficient (Wildman–Crippen LogP) is 5.32. The summed E-state index contributed by atoms with van der Waals surface area (Å²) in [6.45, 7) is 2.36. The maximum Gasteiger partial charge on any atom is 0.270 e. The van der Waals surface area contributed by atoms with Gasteiger partial charge in [0.05, 0.1) is 22.8 Å². The maximum atomic E-state index is 11.5. The van der Waals surface area contributed by atoms with E-state index in [1.807, 2.05) is 65.6 Å². The summed E-state index contributed by atoms with van der Waals surface area (Å²) < 4.78 is 11.0. The van der Waals surface area contributed by atoms with Crippen molar-refractivity contribution in [2.24, 2.45) is 4.99 Å². The molecule has 1 radical (unpaired) electrons. The number of nitro groups is 1. The zero-order chi connectivity index (χ0) is 22.1. The van der Waals surface area contributed by atoms with Crippen LogP contribution >= 0.6 is 15.9 Å². The first-order valence-electron chi connectivity index (χ1n) is 10.1. The Kier molecular flexibility index (Phi) is 5.40. The third-order valence-electron chi connectivity index (χ3n) is 5.57. The van der Waals surface area contributed by atoms with Crippen molar-refractivity contribution in [2.75, 3.05) is 18.1 Å². The largest absolute Gasteiger partial charge is 0.475 e. The molecule has 32 heavy (non-hydrogen) atoms. The van der Waals surface area contributed by atoms with Crippen LogP contribution in [0.25, 0.3) is 0 Å². The zero-order valence-electron chi connectivity index (χ0n) is 16.9. The van der Waals surface area contributed by atoms with Gasteiger partial charge in [0.1, 0.15) is 17.1 Å². The molecule has 0 amide bonds. The Labute approximate surface area is 193 Å². The first-order chi connectivity index (χ1) is 15.6. The van der Waals surface area contributed by atoms with Crippen LogP contribution < -0.4 is 4.90 Å². The van der Waals surface area contributed by atoms with E-state index in [0.717, 1.165) is 11.1 Å². The van der Waals surface area contributed by atoms with Gasteiger partial charge in [0.15, 0.2) is 6.73 Å². The quantitative estimate of drug-likeness (QED) is 0.208. The summed E-state index contributed by atoms with van der Waals surface area (Å²) in [4.78, 5) is 17.8. The SMILES string of the molecule is O=[N+]([O-])c1ccc(N2[CH]OC[C@]2(Br)c2ccccc2)c(C2=N[C@H](c3ccccc3)CO2)c1. The molecule has 5 rings (SSSR count). The van der Waals surface area contributed by atoms with Gasteiger partial charge in [-0.25, -0.2) is 4.99 Å². The number of aliphatic imine (C=N–C) groups is 1. The zero-order valence-corrected chi connectivity index (χ0v) is 18.5. The molecule has 1 fully saturated rings. The molecule has 2 heterocycles. The van der Waals surface area contributed by atoms with Crippen LogP contribution in [0.5, 0.6) is 0 Å². The standard InChI is InChI=1S/C24H19BrN3O4/c25-24(18-9-5-2-6-10-18)15-31-16-27(24)22-12-11-19(28(29)30)13-20(22)23-26-21(14-32-23)17-7-3-1-4-8-17/h1-13,16,21H,14-15H2/t21-,24+/m0/s1. The number of nitrogens with zero attached hydrogens (tertiary/aromatic N) is 3. The molecule has 0 spiro atoms. The molecular formula is C24H19BrN3O4. The van der Waals surface area contributed by atoms with E-state index in [1.54, 1.807) is 12.8 Å². The lowest BCUT2D eigenvalue weighted by molar-refractivity contribution is -0.384. The molecule has 0 bridgehead atoms. The molecule has 0 aliphatic carbocycles. The lowest BCUT2D eigenvalue weighted by Crippen LogP contribution is -2.37. The Hall–Kier alpha value is -3.23. The number of ether oxygens (including phenoxy) is 2. The van der Waals surface area contributed by atoms with E-state index >= 15 is 0 Å². The number of benzene rings is 3. The van der Waals surface area contributed by atoms with E-state index in [0.29, 0.717) is 30.4 Å². The number of hydrogen-bond donors (Lipinski definition) is 0. The van der Waals surface area contributed by atoms with E-state index in [4.69, 9.17) is 14.5 Å². The second-order valence-corrected chi connectivity index (χ2v) is 8.85. The summed E-state index contributed by atoms with van der Waals surface area (Å²) >= 11 is 3.85. The topological polar surface area (TPSA) is 77.2 Å². The second-order valence-electron chi connectivity index (χ2n) is 7.54. The molecular weight excluding hydrogens is 474 g/mol. The van der Waals surface area contributed by atoms with Crippen LogP contribution in [0, 0.1) is 16.8 Å². The van der Waals surface area contributed by atoms with Crippen LogP contribution in [0.3, 0.4) is 0 Å². The highest BCUT2D eigenvalue weighted by Gasteiger charge is 2.44. The van der Waals surface area contributed by atoms with Gasteiger partial charge in [-0.2, -0.15) is 0 Å². The molecule has 3 aromatic rings. The minimum atomic E-state index is -0.670. The van der Waals surface area contributed by atoms with Gasteiger partial charge in [0, 0.05) is 12.1 Å². The van der Waals surface area contributed by atoms with Gasteiger partial charge in [-0.3, -0.25) is 10.1 Å². The highest BCUT2D eigenvalue weighted by Crippen LogP contribution is 2.46. The summed E-state index contributed by atoms with van der Waals surface area (Å²) in [6.07, 6.45) is 0. The van der Waals surface area contributed by atoms with E-state index < -0.39 is 9.37 Å². The van der Waals surface area contributed by atoms with Gasteiger partial charge in [0.25, 0.3) is 5.69 Å². The molecule has 2 aliphatic rings. The molecule has 0 unspecified atom stereocenters. The lowest BCUT2D eigenvalue weighted by atomic mass is 10.0. The van der Waals surface area contributed by atoms with E-state index in [2.05, 4.69) is 15.9 Å². The average Bonchev–Trinajstić information content (AvgIpc) is 3.48. The number of rotatable bonds is 5. The summed E-state index contributed by atoms with van der Waals surface area (Å²) in [6, 6.07) is 24.3. The van der Waals surface area contributed by atoms with Crippen LogP contribution in [0.2, 0.25) is 0 Å². The second kappa shape index (κ2) is 8.37. The first-order valence-corrected chi connectivity index (χ1v) is 10.9. The van der Waals surface area contributed by atoms with Gasteiger partial charge >= 0.3 is 0 Å². The minimum Gasteiger partial charge on any atom is -0.475 e. The fraction of sp³-hybridized carbons (Fsp3) is 0.167. The lowest BCUT2D eigenvalue weighted by Gasteiger charge is -2.34. The Morgan fingerprint density at radius 2 is 1.78 bits per heavy atom. The average molecular weight is 493 g/mol. The fourth-order valence-corrected chi connectivity index (χ4v) is 4.60. The molecule has 3 aromatic carbocycles. The van der Waals surface area contributed by atoms with E-state index in [1.165, 1.54) is 12.1 Å². The Balaban J connectivity index is 1.59. The van der Waals surface area contributed by atoms with Crippen LogP contribution in [-0.2, 0) is 13.9 Å². The highest BCUT2D eigenvalue weighted by molar-refractivity contribution is 9.09. The smallest absolute Gasteiger partial charge is 0.270 e. The van der Waals surface area contributed by atoms with Crippen molar-refractivity contribution in [3.8, 4) is 0 Å². The van der Waals surface area contributed by atoms with Crippen molar-refractivity contribution in [2.45, 2.75) is 10.5 Å². The molecule has 0 aromatic heterocycles. The maximum absolute atomic E-state index is 11.5. The monoisotopic (exact) mass is 492 g/mol. The Morgan fingerprint density at radius 3 is 2.50 bits per heavy atom. The molecule has 2 aliphatic heterocycles. The van der Waals surface area contributed by atoms with Gasteiger partial charge in [-0.05, 0) is 17.2 Å². The van der Waals surface area contributed by atoms with Crippen molar-refractivity contribution in [1.82, 2.24) is 0 Å². The highest BCUT2D eigenvalue weighted by atomic mass is 79.9. The molecule has 8 heteroatoms. The van der Waals surface area contributed by atoms with Crippen molar-refractivity contribution >= 4 is 33.2 Å². The summed E-state index contributed by atoms with van der Waals surface area (Å²) in [5.41, 5.74) is 3.23. The number of anilines is 1. The summed E-state index contributed by atoms with van der Waals surface area (Å²) in [5.74, 6) is 0.376. The molecule has 7 nitrogen and oxygen atoms in total. The third-order valence-corrected chi connectivity index (χ3v) is 6.64. The molecule has 0 N–H and O–H groups in total. The van der Waals surface area contributed by atoms with Crippen LogP contribution in [0.15, 0.2) is 83.9 Å². The summed E-state index contributed by atoms with van der Waals surface area (Å²) in [5, 5.41) is 11.5. The number of hydrogen-bond acceptors (Lipinski definition) is 6. The number of non-ortho nitro benzene ring substituents is 1. The Bertz CT molecular complexity index is 1170. The fourth-order valence-electron chi connectivity index (χ4n) is 3.93. The Morgan fingerprint density at radius 1 is 1.06 bits per heavy atom. The van der Waals surface area contributed by atoms with E-state index in [-0.39, 0.29) is 11.7 Å². The van der Waals surface area contributed by atoms with Gasteiger partial charge in [0.2, 0.25) is 5.90 Å². The van der Waals surface area contributed by atoms with Gasteiger partial charge < -0.3 is 14.4 Å². The molecule has 1 saturated heterocycles. The van der Waals surface area contributed by atoms with Crippen molar-refractivity contribution in [1.29, 1.82) is 0 Å². The number of halogens is 1. The van der Waals surface area contributed by atoms with Crippen molar-refractivity contribution in [3.63, 3.8) is 0 Å². The van der Waals surface area contributed by atoms with Crippen LogP contribution in [0.1, 0.15) is 22.7 Å². The predicted molar refractivity (Wildman–Crippen MR) is 125 cm³/mol.